The van der Waals surface area contributed by atoms with Crippen LogP contribution in [-0.4, -0.2) is 48.2 Å². The maximum Gasteiger partial charge on any atom is 0.481 e. The molecule has 3 saturated carbocycles. The van der Waals surface area contributed by atoms with E-state index in [1.54, 1.807) is 0 Å². The first-order valence-electron chi connectivity index (χ1n) is 11.2. The van der Waals surface area contributed by atoms with Crippen LogP contribution < -0.4 is 5.73 Å². The minimum absolute atomic E-state index is 0.0212. The fraction of sp³-hybridized carbons (Fsp3) is 0.696. The molecule has 0 aromatic heterocycles. The second-order valence-electron chi connectivity index (χ2n) is 10.5. The molecule has 156 valence electrons. The van der Waals surface area contributed by atoms with Gasteiger partial charge in [0, 0.05) is 6.54 Å². The van der Waals surface area contributed by atoms with Gasteiger partial charge < -0.3 is 19.9 Å². The number of rotatable bonds is 4. The van der Waals surface area contributed by atoms with Crippen LogP contribution in [0.15, 0.2) is 30.3 Å². The number of carbonyl (C=O) groups excluding carboxylic acids is 1. The van der Waals surface area contributed by atoms with Gasteiger partial charge in [-0.1, -0.05) is 44.2 Å². The number of benzene rings is 1. The van der Waals surface area contributed by atoms with E-state index in [2.05, 4.69) is 20.8 Å². The van der Waals surface area contributed by atoms with Crippen LogP contribution in [-0.2, 0) is 20.5 Å². The van der Waals surface area contributed by atoms with E-state index in [-0.39, 0.29) is 30.7 Å². The van der Waals surface area contributed by atoms with E-state index in [0.717, 1.165) is 37.3 Å². The van der Waals surface area contributed by atoms with Crippen molar-refractivity contribution in [1.82, 2.24) is 4.90 Å². The first kappa shape index (κ1) is 19.6. The minimum Gasteiger partial charge on any atom is -0.404 e. The van der Waals surface area contributed by atoms with E-state index in [9.17, 15) is 4.79 Å². The summed E-state index contributed by atoms with van der Waals surface area (Å²) in [7, 11) is -0.324. The molecule has 0 spiro atoms. The number of nitrogens with zero attached hydrogens (tertiary/aromatic N) is 1. The highest BCUT2D eigenvalue weighted by molar-refractivity contribution is 6.48. The van der Waals surface area contributed by atoms with Crippen molar-refractivity contribution in [2.75, 3.05) is 6.54 Å². The summed E-state index contributed by atoms with van der Waals surface area (Å²) in [4.78, 5) is 15.1. The maximum atomic E-state index is 13.2. The monoisotopic (exact) mass is 396 g/mol. The van der Waals surface area contributed by atoms with Crippen LogP contribution in [0.4, 0.5) is 0 Å². The van der Waals surface area contributed by atoms with Gasteiger partial charge in [0.2, 0.25) is 5.91 Å². The number of hydrogen-bond donors (Lipinski definition) is 1. The summed E-state index contributed by atoms with van der Waals surface area (Å²) in [5.74, 6) is 1.28. The van der Waals surface area contributed by atoms with Gasteiger partial charge in [-0.15, -0.1) is 0 Å². The van der Waals surface area contributed by atoms with Crippen LogP contribution in [0, 0.1) is 17.3 Å². The van der Waals surface area contributed by atoms with E-state index >= 15 is 0 Å². The molecule has 3 aliphatic carbocycles. The summed E-state index contributed by atoms with van der Waals surface area (Å²) in [6.07, 6.45) is 4.92. The van der Waals surface area contributed by atoms with E-state index < -0.39 is 6.04 Å². The van der Waals surface area contributed by atoms with Crippen LogP contribution in [0.5, 0.6) is 0 Å². The molecule has 1 aromatic rings. The average Bonchev–Trinajstić information content (AvgIpc) is 3.31. The Hall–Kier alpha value is -1.37. The number of amides is 1. The zero-order valence-electron chi connectivity index (χ0n) is 17.8. The number of hydrogen-bond acceptors (Lipinski definition) is 4. The third kappa shape index (κ3) is 3.06. The summed E-state index contributed by atoms with van der Waals surface area (Å²) in [5.41, 5.74) is 7.55. The standard InChI is InChI=1S/C23H33BN2O3/c1-22(2)16-13-17(22)20-23(3,14-16)29-24(28-20)19-10-7-11-26(19)21(27)18(25)12-15-8-5-4-6-9-15/h4-6,8-9,16-20H,7,10-14,25H2,1-3H3/t16-,17+,18+,19+,20-,23+/m1/s1. The number of likely N-dealkylation sites (tertiary alicyclic amines) is 1. The molecule has 5 fully saturated rings. The van der Waals surface area contributed by atoms with Gasteiger partial charge in [-0.25, -0.2) is 0 Å². The molecule has 2 bridgehead atoms. The minimum atomic E-state index is -0.524. The van der Waals surface area contributed by atoms with Crippen LogP contribution in [0.2, 0.25) is 0 Å². The van der Waals surface area contributed by atoms with Crippen molar-refractivity contribution >= 4 is 13.0 Å². The highest BCUT2D eigenvalue weighted by Crippen LogP contribution is 2.64. The molecule has 1 amide bonds. The van der Waals surface area contributed by atoms with E-state index in [1.807, 2.05) is 35.2 Å². The van der Waals surface area contributed by atoms with Crippen molar-refractivity contribution in [3.05, 3.63) is 35.9 Å². The zero-order chi connectivity index (χ0) is 20.4. The SMILES string of the molecule is CC1(C)[C@@H]2C[C@H]1[C@H]1OB([C@@H]3CCCN3C(=O)[C@@H](N)Cc3ccccc3)O[C@@]1(C)C2. The van der Waals surface area contributed by atoms with Crippen molar-refractivity contribution in [3.8, 4) is 0 Å². The van der Waals surface area contributed by atoms with Crippen LogP contribution in [0.3, 0.4) is 0 Å². The lowest BCUT2D eigenvalue weighted by molar-refractivity contribution is -0.185. The molecule has 5 nitrogen and oxygen atoms in total. The molecule has 0 unspecified atom stereocenters. The fourth-order valence-corrected chi connectivity index (χ4v) is 6.43. The molecule has 5 aliphatic rings. The quantitative estimate of drug-likeness (QED) is 0.795. The van der Waals surface area contributed by atoms with Gasteiger partial charge in [-0.3, -0.25) is 4.79 Å². The Morgan fingerprint density at radius 3 is 2.79 bits per heavy atom. The summed E-state index contributed by atoms with van der Waals surface area (Å²) in [5, 5.41) is 0. The lowest BCUT2D eigenvalue weighted by Crippen LogP contribution is -2.63. The third-order valence-electron chi connectivity index (χ3n) is 8.34. The summed E-state index contributed by atoms with van der Waals surface area (Å²) in [6.45, 7) is 7.70. The van der Waals surface area contributed by atoms with Crippen molar-refractivity contribution < 1.29 is 14.1 Å². The smallest absolute Gasteiger partial charge is 0.404 e. The summed E-state index contributed by atoms with van der Waals surface area (Å²) in [6, 6.07) is 9.48. The highest BCUT2D eigenvalue weighted by Gasteiger charge is 2.67. The topological polar surface area (TPSA) is 64.8 Å². The Morgan fingerprint density at radius 2 is 2.07 bits per heavy atom. The van der Waals surface area contributed by atoms with Gasteiger partial charge in [0.05, 0.1) is 23.7 Å². The highest BCUT2D eigenvalue weighted by atomic mass is 16.7. The number of nitrogens with two attached hydrogens (primary N) is 1. The lowest BCUT2D eigenvalue weighted by atomic mass is 9.45. The van der Waals surface area contributed by atoms with Crippen molar-refractivity contribution in [2.45, 2.75) is 76.6 Å². The molecule has 2 aliphatic heterocycles. The first-order valence-corrected chi connectivity index (χ1v) is 11.2. The molecule has 6 atom stereocenters. The Bertz CT molecular complexity index is 788. The van der Waals surface area contributed by atoms with E-state index in [1.165, 1.54) is 6.42 Å². The van der Waals surface area contributed by atoms with Gasteiger partial charge in [0.25, 0.3) is 0 Å². The molecule has 29 heavy (non-hydrogen) atoms. The molecule has 2 saturated heterocycles. The molecular formula is C23H33BN2O3. The lowest BCUT2D eigenvalue weighted by Gasteiger charge is -2.63. The van der Waals surface area contributed by atoms with E-state index in [0.29, 0.717) is 17.8 Å². The molecule has 2 heterocycles. The average molecular weight is 396 g/mol. The zero-order valence-corrected chi connectivity index (χ0v) is 17.8. The van der Waals surface area contributed by atoms with Crippen molar-refractivity contribution in [3.63, 3.8) is 0 Å². The molecule has 0 radical (unpaired) electrons. The largest absolute Gasteiger partial charge is 0.481 e. The van der Waals surface area contributed by atoms with Crippen LogP contribution >= 0.6 is 0 Å². The predicted octanol–water partition coefficient (Wildman–Crippen LogP) is 2.81. The molecule has 1 aromatic carbocycles. The maximum absolute atomic E-state index is 13.2. The number of carbonyl (C=O) groups is 1. The molecule has 2 N–H and O–H groups in total. The Balaban J connectivity index is 1.28. The second kappa shape index (κ2) is 6.83. The molecular weight excluding hydrogens is 363 g/mol. The van der Waals surface area contributed by atoms with Gasteiger partial charge in [-0.05, 0) is 61.8 Å². The van der Waals surface area contributed by atoms with E-state index in [4.69, 9.17) is 15.0 Å². The van der Waals surface area contributed by atoms with Gasteiger partial charge in [-0.2, -0.15) is 0 Å². The Labute approximate surface area is 174 Å². The van der Waals surface area contributed by atoms with Gasteiger partial charge >= 0.3 is 7.12 Å². The second-order valence-corrected chi connectivity index (χ2v) is 10.5. The fourth-order valence-electron chi connectivity index (χ4n) is 6.43. The van der Waals surface area contributed by atoms with Crippen LogP contribution in [0.1, 0.15) is 52.0 Å². The normalized spacial score (nSPS) is 38.5. The summed E-state index contributed by atoms with van der Waals surface area (Å²) >= 11 is 0. The Morgan fingerprint density at radius 1 is 1.31 bits per heavy atom. The van der Waals surface area contributed by atoms with Gasteiger partial charge in [0.15, 0.2) is 0 Å². The first-order chi connectivity index (χ1) is 13.8. The summed E-state index contributed by atoms with van der Waals surface area (Å²) < 4.78 is 13.1. The Kier molecular flexibility index (Phi) is 4.61. The van der Waals surface area contributed by atoms with Crippen LogP contribution in [0.25, 0.3) is 0 Å². The third-order valence-corrected chi connectivity index (χ3v) is 8.34. The van der Waals surface area contributed by atoms with Crippen molar-refractivity contribution in [1.29, 1.82) is 0 Å². The molecule has 6 rings (SSSR count). The van der Waals surface area contributed by atoms with Gasteiger partial charge in [0.1, 0.15) is 0 Å². The molecule has 6 heteroatoms. The van der Waals surface area contributed by atoms with Crippen molar-refractivity contribution in [2.24, 2.45) is 23.0 Å². The predicted molar refractivity (Wildman–Crippen MR) is 113 cm³/mol.